The first-order valence-corrected chi connectivity index (χ1v) is 7.62. The summed E-state index contributed by atoms with van der Waals surface area (Å²) in [5.41, 5.74) is -0.121. The predicted octanol–water partition coefficient (Wildman–Crippen LogP) is 1.90. The molecule has 0 radical (unpaired) electrons. The van der Waals surface area contributed by atoms with Crippen LogP contribution in [0.1, 0.15) is 38.7 Å². The highest BCUT2D eigenvalue weighted by molar-refractivity contribution is 5.40. The van der Waals surface area contributed by atoms with Crippen LogP contribution in [-0.2, 0) is 6.54 Å². The molecule has 1 aromatic heterocycles. The van der Waals surface area contributed by atoms with Crippen molar-refractivity contribution in [1.29, 1.82) is 5.26 Å². The molecular formula is C16H23N3O2. The summed E-state index contributed by atoms with van der Waals surface area (Å²) in [4.78, 5) is 12.3. The van der Waals surface area contributed by atoms with E-state index in [-0.39, 0.29) is 17.2 Å². The summed E-state index contributed by atoms with van der Waals surface area (Å²) in [7, 11) is 0. The van der Waals surface area contributed by atoms with E-state index in [1.54, 1.807) is 16.8 Å². The Balaban J connectivity index is 2.17. The van der Waals surface area contributed by atoms with E-state index in [1.807, 2.05) is 6.07 Å². The minimum absolute atomic E-state index is 0.0873. The number of hydrogen-bond acceptors (Lipinski definition) is 4. The maximum Gasteiger partial charge on any atom is 0.272 e. The van der Waals surface area contributed by atoms with Gasteiger partial charge in [-0.05, 0) is 44.3 Å². The van der Waals surface area contributed by atoms with Gasteiger partial charge in [0.2, 0.25) is 0 Å². The Bertz CT molecular complexity index is 566. The molecular weight excluding hydrogens is 266 g/mol. The fourth-order valence-electron chi connectivity index (χ4n) is 2.43. The van der Waals surface area contributed by atoms with E-state index >= 15 is 0 Å². The molecule has 21 heavy (non-hydrogen) atoms. The number of nitrogens with one attached hydrogen (secondary N) is 1. The van der Waals surface area contributed by atoms with E-state index in [0.717, 1.165) is 32.4 Å². The molecule has 2 rings (SSSR count). The zero-order valence-electron chi connectivity index (χ0n) is 12.8. The van der Waals surface area contributed by atoms with Crippen LogP contribution in [0.3, 0.4) is 0 Å². The number of piperidine rings is 1. The Kier molecular flexibility index (Phi) is 5.40. The number of aromatic nitrogens is 1. The van der Waals surface area contributed by atoms with Crippen LogP contribution in [0.2, 0.25) is 0 Å². The first kappa shape index (κ1) is 15.6. The fourth-order valence-corrected chi connectivity index (χ4v) is 2.43. The average molecular weight is 289 g/mol. The van der Waals surface area contributed by atoms with Gasteiger partial charge in [-0.15, -0.1) is 0 Å². The highest BCUT2D eigenvalue weighted by atomic mass is 16.5. The monoisotopic (exact) mass is 289 g/mol. The number of rotatable bonds is 5. The van der Waals surface area contributed by atoms with Gasteiger partial charge in [-0.2, -0.15) is 5.26 Å². The molecule has 1 saturated heterocycles. The van der Waals surface area contributed by atoms with Crippen molar-refractivity contribution in [2.24, 2.45) is 5.92 Å². The number of hydrogen-bond donors (Lipinski definition) is 1. The molecule has 5 heteroatoms. The van der Waals surface area contributed by atoms with Gasteiger partial charge in [0.15, 0.2) is 5.56 Å². The highest BCUT2D eigenvalue weighted by Crippen LogP contribution is 2.19. The molecule has 0 bridgehead atoms. The number of nitriles is 1. The second-order valence-corrected chi connectivity index (χ2v) is 5.92. The molecule has 1 aromatic rings. The molecule has 0 atom stereocenters. The second-order valence-electron chi connectivity index (χ2n) is 5.92. The van der Waals surface area contributed by atoms with E-state index in [9.17, 15) is 10.1 Å². The van der Waals surface area contributed by atoms with E-state index < -0.39 is 0 Å². The van der Waals surface area contributed by atoms with Crippen molar-refractivity contribution in [3.05, 3.63) is 28.2 Å². The van der Waals surface area contributed by atoms with Gasteiger partial charge in [0.1, 0.15) is 17.9 Å². The number of aryl methyl sites for hydroxylation is 1. The molecule has 0 unspecified atom stereocenters. The van der Waals surface area contributed by atoms with Crippen molar-refractivity contribution < 1.29 is 4.74 Å². The Morgan fingerprint density at radius 1 is 1.48 bits per heavy atom. The van der Waals surface area contributed by atoms with E-state index in [4.69, 9.17) is 4.74 Å². The molecule has 2 heterocycles. The molecule has 0 amide bonds. The zero-order valence-corrected chi connectivity index (χ0v) is 12.8. The smallest absolute Gasteiger partial charge is 0.272 e. The third-order valence-electron chi connectivity index (χ3n) is 3.77. The normalized spacial score (nSPS) is 15.9. The molecule has 0 aromatic carbocycles. The van der Waals surface area contributed by atoms with Crippen molar-refractivity contribution in [2.75, 3.05) is 13.1 Å². The van der Waals surface area contributed by atoms with Gasteiger partial charge >= 0.3 is 0 Å². The highest BCUT2D eigenvalue weighted by Gasteiger charge is 2.18. The fraction of sp³-hybridized carbons (Fsp3) is 0.625. The summed E-state index contributed by atoms with van der Waals surface area (Å²) in [6.07, 6.45) is 4.55. The molecule has 1 N–H and O–H groups in total. The van der Waals surface area contributed by atoms with Gasteiger partial charge in [0.05, 0.1) is 0 Å². The summed E-state index contributed by atoms with van der Waals surface area (Å²) in [6.45, 7) is 6.70. The lowest BCUT2D eigenvalue weighted by Gasteiger charge is -2.24. The molecule has 1 aliphatic rings. The van der Waals surface area contributed by atoms with Crippen molar-refractivity contribution in [3.63, 3.8) is 0 Å². The summed E-state index contributed by atoms with van der Waals surface area (Å²) in [5.74, 6) is 0.947. The largest absolute Gasteiger partial charge is 0.489 e. The Morgan fingerprint density at radius 2 is 2.19 bits per heavy atom. The zero-order chi connectivity index (χ0) is 15.2. The number of pyridine rings is 1. The molecule has 1 aliphatic heterocycles. The average Bonchev–Trinajstić information content (AvgIpc) is 2.47. The van der Waals surface area contributed by atoms with Crippen LogP contribution in [0.5, 0.6) is 5.75 Å². The quantitative estimate of drug-likeness (QED) is 0.899. The lowest BCUT2D eigenvalue weighted by molar-refractivity contribution is 0.161. The van der Waals surface area contributed by atoms with Crippen LogP contribution >= 0.6 is 0 Å². The number of ether oxygens (including phenoxy) is 1. The van der Waals surface area contributed by atoms with Crippen LogP contribution in [0.15, 0.2) is 17.1 Å². The summed E-state index contributed by atoms with van der Waals surface area (Å²) in [5, 5.41) is 12.5. The molecule has 0 saturated carbocycles. The lowest BCUT2D eigenvalue weighted by Crippen LogP contribution is -2.35. The molecule has 114 valence electrons. The van der Waals surface area contributed by atoms with Crippen LogP contribution in [0, 0.1) is 17.2 Å². The van der Waals surface area contributed by atoms with Crippen molar-refractivity contribution >= 4 is 0 Å². The molecule has 5 nitrogen and oxygen atoms in total. The van der Waals surface area contributed by atoms with Crippen molar-refractivity contribution in [2.45, 2.75) is 45.8 Å². The van der Waals surface area contributed by atoms with Gasteiger partial charge in [0, 0.05) is 12.7 Å². The van der Waals surface area contributed by atoms with E-state index in [2.05, 4.69) is 19.2 Å². The van der Waals surface area contributed by atoms with Crippen LogP contribution in [-0.4, -0.2) is 23.8 Å². The van der Waals surface area contributed by atoms with E-state index in [0.29, 0.717) is 18.2 Å². The molecule has 1 fully saturated rings. The van der Waals surface area contributed by atoms with Gasteiger partial charge < -0.3 is 14.6 Å². The summed E-state index contributed by atoms with van der Waals surface area (Å²) in [6, 6.07) is 3.76. The van der Waals surface area contributed by atoms with Gasteiger partial charge in [-0.1, -0.05) is 13.8 Å². The molecule has 0 aliphatic carbocycles. The number of nitrogens with zero attached hydrogens (tertiary/aromatic N) is 2. The van der Waals surface area contributed by atoms with Gasteiger partial charge in [-0.3, -0.25) is 4.79 Å². The summed E-state index contributed by atoms with van der Waals surface area (Å²) < 4.78 is 7.47. The van der Waals surface area contributed by atoms with Crippen molar-refractivity contribution in [3.8, 4) is 11.8 Å². The molecule has 0 spiro atoms. The van der Waals surface area contributed by atoms with E-state index in [1.165, 1.54) is 0 Å². The third kappa shape index (κ3) is 4.08. The van der Waals surface area contributed by atoms with Crippen LogP contribution in [0.4, 0.5) is 0 Å². The minimum Gasteiger partial charge on any atom is -0.489 e. The topological polar surface area (TPSA) is 67.0 Å². The first-order valence-electron chi connectivity index (χ1n) is 7.62. The Hall–Kier alpha value is -1.80. The van der Waals surface area contributed by atoms with Crippen molar-refractivity contribution in [1.82, 2.24) is 9.88 Å². The second kappa shape index (κ2) is 7.28. The standard InChI is InChI=1S/C16H23N3O2/c1-12(2)5-9-19-10-6-15(14(11-17)16(19)20)21-13-3-7-18-8-4-13/h6,10,12-13,18H,3-5,7-9H2,1-2H3. The van der Waals surface area contributed by atoms with Gasteiger partial charge in [0.25, 0.3) is 5.56 Å². The first-order chi connectivity index (χ1) is 10.1. The van der Waals surface area contributed by atoms with Crippen LogP contribution < -0.4 is 15.6 Å². The SMILES string of the molecule is CC(C)CCn1ccc(OC2CCNCC2)c(C#N)c1=O. The maximum atomic E-state index is 12.3. The third-order valence-corrected chi connectivity index (χ3v) is 3.77. The summed E-state index contributed by atoms with van der Waals surface area (Å²) >= 11 is 0. The van der Waals surface area contributed by atoms with Gasteiger partial charge in [-0.25, -0.2) is 0 Å². The Morgan fingerprint density at radius 3 is 2.81 bits per heavy atom. The maximum absolute atomic E-state index is 12.3. The predicted molar refractivity (Wildman–Crippen MR) is 81.4 cm³/mol. The lowest BCUT2D eigenvalue weighted by atomic mass is 10.1. The Labute approximate surface area is 125 Å². The van der Waals surface area contributed by atoms with Crippen LogP contribution in [0.25, 0.3) is 0 Å². The minimum atomic E-state index is -0.246.